The number of nitrogens with one attached hydrogen (secondary N) is 1. The second-order valence-electron chi connectivity index (χ2n) is 8.51. The zero-order valence-electron chi connectivity index (χ0n) is 15.1. The van der Waals surface area contributed by atoms with Crippen molar-refractivity contribution in [2.24, 2.45) is 0 Å². The van der Waals surface area contributed by atoms with E-state index in [1.807, 2.05) is 11.0 Å². The Labute approximate surface area is 145 Å². The summed E-state index contributed by atoms with van der Waals surface area (Å²) in [5.74, 6) is 0. The van der Waals surface area contributed by atoms with Crippen molar-refractivity contribution in [1.29, 1.82) is 0 Å². The Balaban J connectivity index is 1.48. The monoisotopic (exact) mass is 327 g/mol. The van der Waals surface area contributed by atoms with Crippen molar-refractivity contribution in [3.8, 4) is 0 Å². The van der Waals surface area contributed by atoms with Crippen molar-refractivity contribution in [2.45, 2.75) is 69.5 Å². The lowest BCUT2D eigenvalue weighted by molar-refractivity contribution is 0.0511. The number of hydrogen-bond donors (Lipinski definition) is 1. The lowest BCUT2D eigenvalue weighted by Gasteiger charge is -2.47. The van der Waals surface area contributed by atoms with Crippen molar-refractivity contribution >= 4 is 11.7 Å². The molecular weight excluding hydrogens is 298 g/mol. The lowest BCUT2D eigenvalue weighted by Crippen LogP contribution is -2.57. The van der Waals surface area contributed by atoms with Crippen molar-refractivity contribution < 1.29 is 4.79 Å². The molecule has 2 unspecified atom stereocenters. The summed E-state index contributed by atoms with van der Waals surface area (Å²) < 4.78 is 0. The third-order valence-corrected chi connectivity index (χ3v) is 6.39. The minimum Gasteiger partial charge on any atom is -0.335 e. The van der Waals surface area contributed by atoms with Crippen LogP contribution in [0.2, 0.25) is 0 Å². The third-order valence-electron chi connectivity index (χ3n) is 6.39. The van der Waals surface area contributed by atoms with Gasteiger partial charge in [0.1, 0.15) is 0 Å². The molecule has 3 heterocycles. The van der Waals surface area contributed by atoms with Crippen molar-refractivity contribution in [3.05, 3.63) is 29.8 Å². The molecule has 24 heavy (non-hydrogen) atoms. The molecule has 0 spiro atoms. The highest BCUT2D eigenvalue weighted by Crippen LogP contribution is 2.40. The Morgan fingerprint density at radius 3 is 2.54 bits per heavy atom. The normalized spacial score (nSPS) is 31.6. The van der Waals surface area contributed by atoms with Gasteiger partial charge in [-0.1, -0.05) is 38.5 Å². The molecule has 2 atom stereocenters. The first-order valence-corrected chi connectivity index (χ1v) is 9.35. The molecule has 4 heteroatoms. The maximum absolute atomic E-state index is 13.0. The Morgan fingerprint density at radius 1 is 1.17 bits per heavy atom. The standard InChI is InChI=1S/C20H29N3O/c1-20(2)13-23(18-10-5-4-9-17(18)20)19(24)21-14-11-15-7-6-8-16(12-14)22(15)3/h4-5,9-10,14-16H,6-8,11-13H2,1-3H3,(H,21,24). The average molecular weight is 327 g/mol. The molecule has 1 N–H and O–H groups in total. The van der Waals surface area contributed by atoms with Crippen LogP contribution in [0.4, 0.5) is 10.5 Å². The van der Waals surface area contributed by atoms with Crippen LogP contribution in [0.1, 0.15) is 51.5 Å². The number of piperidine rings is 2. The third kappa shape index (κ3) is 2.61. The number of hydrogen-bond acceptors (Lipinski definition) is 2. The molecule has 1 aromatic rings. The molecule has 2 bridgehead atoms. The molecule has 0 radical (unpaired) electrons. The Bertz CT molecular complexity index is 628. The summed E-state index contributed by atoms with van der Waals surface area (Å²) in [6, 6.07) is 10.0. The van der Waals surface area contributed by atoms with E-state index >= 15 is 0 Å². The molecule has 2 fully saturated rings. The summed E-state index contributed by atoms with van der Waals surface area (Å²) in [4.78, 5) is 17.5. The Morgan fingerprint density at radius 2 is 1.83 bits per heavy atom. The van der Waals surface area contributed by atoms with Crippen LogP contribution in [-0.4, -0.2) is 42.6 Å². The van der Waals surface area contributed by atoms with Gasteiger partial charge in [0.15, 0.2) is 0 Å². The van der Waals surface area contributed by atoms with Gasteiger partial charge in [-0.05, 0) is 44.4 Å². The summed E-state index contributed by atoms with van der Waals surface area (Å²) >= 11 is 0. The van der Waals surface area contributed by atoms with E-state index in [2.05, 4.69) is 49.3 Å². The van der Waals surface area contributed by atoms with Gasteiger partial charge in [0.25, 0.3) is 0 Å². The molecule has 0 aliphatic carbocycles. The van der Waals surface area contributed by atoms with E-state index in [1.54, 1.807) is 0 Å². The van der Waals surface area contributed by atoms with E-state index in [4.69, 9.17) is 0 Å². The Kier molecular flexibility index (Phi) is 3.83. The van der Waals surface area contributed by atoms with Gasteiger partial charge in [-0.3, -0.25) is 4.90 Å². The maximum Gasteiger partial charge on any atom is 0.322 e. The number of anilines is 1. The van der Waals surface area contributed by atoms with Crippen molar-refractivity contribution in [3.63, 3.8) is 0 Å². The highest BCUT2D eigenvalue weighted by molar-refractivity contribution is 5.95. The van der Waals surface area contributed by atoms with E-state index < -0.39 is 0 Å². The molecule has 4 nitrogen and oxygen atoms in total. The first kappa shape index (κ1) is 15.9. The van der Waals surface area contributed by atoms with Crippen LogP contribution in [0.25, 0.3) is 0 Å². The largest absolute Gasteiger partial charge is 0.335 e. The molecule has 1 aromatic carbocycles. The van der Waals surface area contributed by atoms with Crippen molar-refractivity contribution in [2.75, 3.05) is 18.5 Å². The van der Waals surface area contributed by atoms with Crippen LogP contribution in [-0.2, 0) is 5.41 Å². The van der Waals surface area contributed by atoms with Gasteiger partial charge in [-0.2, -0.15) is 0 Å². The number of amides is 2. The fourth-order valence-corrected chi connectivity index (χ4v) is 5.01. The minimum atomic E-state index is 0.0250. The number of fused-ring (bicyclic) bond motifs is 3. The quantitative estimate of drug-likeness (QED) is 0.857. The summed E-state index contributed by atoms with van der Waals surface area (Å²) in [5, 5.41) is 3.35. The average Bonchev–Trinajstić information content (AvgIpc) is 2.81. The van der Waals surface area contributed by atoms with Crippen LogP contribution in [0.5, 0.6) is 0 Å². The first-order valence-electron chi connectivity index (χ1n) is 9.35. The van der Waals surface area contributed by atoms with Gasteiger partial charge < -0.3 is 10.2 Å². The predicted octanol–water partition coefficient (Wildman–Crippen LogP) is 3.51. The highest BCUT2D eigenvalue weighted by Gasteiger charge is 2.40. The van der Waals surface area contributed by atoms with Crippen molar-refractivity contribution in [1.82, 2.24) is 10.2 Å². The molecular formula is C20H29N3O. The van der Waals surface area contributed by atoms with Gasteiger partial charge in [0, 0.05) is 35.8 Å². The number of para-hydroxylation sites is 1. The predicted molar refractivity (Wildman–Crippen MR) is 97.6 cm³/mol. The van der Waals surface area contributed by atoms with Gasteiger partial charge in [-0.15, -0.1) is 0 Å². The van der Waals surface area contributed by atoms with Gasteiger partial charge >= 0.3 is 6.03 Å². The molecule has 3 aliphatic rings. The smallest absolute Gasteiger partial charge is 0.322 e. The molecule has 3 aliphatic heterocycles. The van der Waals surface area contributed by atoms with E-state index in [-0.39, 0.29) is 11.4 Å². The molecule has 130 valence electrons. The topological polar surface area (TPSA) is 35.6 Å². The zero-order chi connectivity index (χ0) is 16.9. The Hall–Kier alpha value is -1.55. The second kappa shape index (κ2) is 5.76. The number of urea groups is 1. The van der Waals surface area contributed by atoms with Crippen LogP contribution in [0.3, 0.4) is 0 Å². The van der Waals surface area contributed by atoms with E-state index in [0.29, 0.717) is 18.1 Å². The fourth-order valence-electron chi connectivity index (χ4n) is 5.01. The van der Waals surface area contributed by atoms with E-state index in [9.17, 15) is 4.79 Å². The number of nitrogens with zero attached hydrogens (tertiary/aromatic N) is 2. The fraction of sp³-hybridized carbons (Fsp3) is 0.650. The van der Waals surface area contributed by atoms with Crippen LogP contribution in [0, 0.1) is 0 Å². The summed E-state index contributed by atoms with van der Waals surface area (Å²) in [6.07, 6.45) is 6.08. The van der Waals surface area contributed by atoms with E-state index in [0.717, 1.165) is 25.1 Å². The molecule has 2 amide bonds. The first-order chi connectivity index (χ1) is 11.5. The van der Waals surface area contributed by atoms with Crippen LogP contribution < -0.4 is 10.2 Å². The van der Waals surface area contributed by atoms with Gasteiger partial charge in [-0.25, -0.2) is 4.79 Å². The zero-order valence-corrected chi connectivity index (χ0v) is 15.1. The molecule has 0 aromatic heterocycles. The van der Waals surface area contributed by atoms with Crippen LogP contribution in [0.15, 0.2) is 24.3 Å². The van der Waals surface area contributed by atoms with E-state index in [1.165, 1.54) is 24.8 Å². The molecule has 4 rings (SSSR count). The highest BCUT2D eigenvalue weighted by atomic mass is 16.2. The molecule has 2 saturated heterocycles. The summed E-state index contributed by atoms with van der Waals surface area (Å²) in [7, 11) is 2.26. The second-order valence-corrected chi connectivity index (χ2v) is 8.51. The minimum absolute atomic E-state index is 0.0250. The number of carbonyl (C=O) groups is 1. The van der Waals surface area contributed by atoms with Gasteiger partial charge in [0.05, 0.1) is 0 Å². The number of carbonyl (C=O) groups excluding carboxylic acids is 1. The summed E-state index contributed by atoms with van der Waals surface area (Å²) in [6.45, 7) is 5.20. The molecule has 0 saturated carbocycles. The van der Waals surface area contributed by atoms with Crippen LogP contribution >= 0.6 is 0 Å². The SMILES string of the molecule is CN1C2CCCC1CC(NC(=O)N1CC(C)(C)c3ccccc31)C2. The maximum atomic E-state index is 13.0. The number of rotatable bonds is 1. The summed E-state index contributed by atoms with van der Waals surface area (Å²) in [5.41, 5.74) is 2.38. The van der Waals surface area contributed by atoms with Gasteiger partial charge in [0.2, 0.25) is 0 Å². The lowest BCUT2D eigenvalue weighted by atomic mass is 9.82. The number of benzene rings is 1.